The lowest BCUT2D eigenvalue weighted by Gasteiger charge is -2.18. The predicted octanol–water partition coefficient (Wildman–Crippen LogP) is 1.21. The van der Waals surface area contributed by atoms with E-state index in [-0.39, 0.29) is 6.54 Å². The van der Waals surface area contributed by atoms with E-state index in [1.807, 2.05) is 17.0 Å². The number of carbonyl (C=O) groups excluding carboxylic acids is 1. The van der Waals surface area contributed by atoms with Crippen molar-refractivity contribution in [2.75, 3.05) is 31.0 Å². The van der Waals surface area contributed by atoms with Crippen LogP contribution in [-0.4, -0.2) is 41.0 Å². The summed E-state index contributed by atoms with van der Waals surface area (Å²) in [6, 6.07) is 14.0. The number of rotatable bonds is 6. The number of nitrogens with zero attached hydrogens (tertiary/aromatic N) is 4. The number of fused-ring (bicyclic) bond motifs is 1. The maximum Gasteiger partial charge on any atom is 0.333 e. The first kappa shape index (κ1) is 20.2. The van der Waals surface area contributed by atoms with Gasteiger partial charge in [-0.3, -0.25) is 19.0 Å². The van der Waals surface area contributed by atoms with Gasteiger partial charge in [0.05, 0.1) is 14.2 Å². The lowest BCUT2D eigenvalue weighted by atomic mass is 10.3. The minimum absolute atomic E-state index is 0.312. The Bertz CT molecular complexity index is 1210. The molecule has 2 heterocycles. The number of carbonyl (C=O) groups is 1. The molecule has 1 aliphatic heterocycles. The molecule has 0 bridgehead atoms. The predicted molar refractivity (Wildman–Crippen MR) is 114 cm³/mol. The van der Waals surface area contributed by atoms with Gasteiger partial charge >= 0.3 is 11.1 Å². The van der Waals surface area contributed by atoms with Gasteiger partial charge in [0.15, 0.2) is 0 Å². The molecule has 4 rings (SSSR count). The zero-order valence-electron chi connectivity index (χ0n) is 17.1. The van der Waals surface area contributed by atoms with Crippen LogP contribution in [0.2, 0.25) is 0 Å². The van der Waals surface area contributed by atoms with Crippen LogP contribution in [0.15, 0.2) is 58.1 Å². The number of amides is 1. The Morgan fingerprint density at radius 2 is 1.55 bits per heavy atom. The first-order chi connectivity index (χ1) is 15.0. The maximum atomic E-state index is 12.6. The molecule has 10 nitrogen and oxygen atoms in total. The average molecular weight is 423 g/mol. The summed E-state index contributed by atoms with van der Waals surface area (Å²) in [4.78, 5) is 39.3. The minimum Gasteiger partial charge on any atom is -0.497 e. The summed E-state index contributed by atoms with van der Waals surface area (Å²) in [5, 5.41) is 6.99. The molecule has 0 atom stereocenters. The second kappa shape index (κ2) is 8.34. The smallest absolute Gasteiger partial charge is 0.333 e. The third-order valence-corrected chi connectivity index (χ3v) is 4.95. The topological polar surface area (TPSA) is 108 Å². The van der Waals surface area contributed by atoms with Crippen molar-refractivity contribution >= 4 is 23.2 Å². The zero-order valence-corrected chi connectivity index (χ0v) is 17.1. The molecule has 0 fully saturated rings. The second-order valence-corrected chi connectivity index (χ2v) is 6.85. The molecule has 1 aliphatic rings. The van der Waals surface area contributed by atoms with Crippen LogP contribution in [0.3, 0.4) is 0 Å². The number of aromatic nitrogens is 3. The van der Waals surface area contributed by atoms with Gasteiger partial charge in [0, 0.05) is 24.5 Å². The summed E-state index contributed by atoms with van der Waals surface area (Å²) in [6.07, 6.45) is 0. The van der Waals surface area contributed by atoms with E-state index in [0.717, 1.165) is 10.4 Å². The van der Waals surface area contributed by atoms with E-state index in [2.05, 4.69) is 10.4 Å². The first-order valence-electron chi connectivity index (χ1n) is 9.57. The maximum absolute atomic E-state index is 12.6. The molecular weight excluding hydrogens is 402 g/mol. The molecule has 10 heteroatoms. The van der Waals surface area contributed by atoms with Crippen LogP contribution in [0, 0.1) is 0 Å². The molecule has 1 amide bonds. The molecule has 0 saturated carbocycles. The van der Waals surface area contributed by atoms with E-state index < -0.39 is 17.0 Å². The van der Waals surface area contributed by atoms with Crippen molar-refractivity contribution in [1.82, 2.24) is 14.3 Å². The van der Waals surface area contributed by atoms with E-state index >= 15 is 0 Å². The quantitative estimate of drug-likeness (QED) is 0.594. The molecule has 0 unspecified atom stereocenters. The van der Waals surface area contributed by atoms with Crippen molar-refractivity contribution in [1.29, 1.82) is 0 Å². The third kappa shape index (κ3) is 4.00. The van der Waals surface area contributed by atoms with Crippen molar-refractivity contribution in [2.45, 2.75) is 13.1 Å². The van der Waals surface area contributed by atoms with Gasteiger partial charge in [0.1, 0.15) is 18.0 Å². The summed E-state index contributed by atoms with van der Waals surface area (Å²) in [7, 11) is 3.13. The average Bonchev–Trinajstić information content (AvgIpc) is 3.21. The van der Waals surface area contributed by atoms with Crippen molar-refractivity contribution in [2.24, 2.45) is 0 Å². The van der Waals surface area contributed by atoms with Gasteiger partial charge in [-0.2, -0.15) is 0 Å². The van der Waals surface area contributed by atoms with Gasteiger partial charge in [0.25, 0.3) is 0 Å². The Morgan fingerprint density at radius 1 is 0.935 bits per heavy atom. The number of methoxy groups -OCH3 is 2. The minimum atomic E-state index is -0.842. The molecule has 2 aromatic carbocycles. The lowest BCUT2D eigenvalue weighted by molar-refractivity contribution is -0.117. The Balaban J connectivity index is 1.59. The van der Waals surface area contributed by atoms with Crippen LogP contribution in [0.5, 0.6) is 11.5 Å². The molecule has 0 radical (unpaired) electrons. The standard InChI is InChI=1S/C21H21N5O5/c1-30-16-7-3-14(4-8-16)22-18(27)13-26-20(29)19(28)25-12-11-24(21(25)23-26)15-5-9-17(31-2)10-6-15/h3-10H,11-13H2,1-2H3,(H,22,27). The van der Waals surface area contributed by atoms with Crippen LogP contribution in [0.4, 0.5) is 17.3 Å². The van der Waals surface area contributed by atoms with Gasteiger partial charge in [0.2, 0.25) is 11.9 Å². The SMILES string of the molecule is COc1ccc(NC(=O)Cn2nc3n(c(=O)c2=O)CCN3c2ccc(OC)cc2)cc1. The van der Waals surface area contributed by atoms with Crippen molar-refractivity contribution in [3.05, 3.63) is 69.2 Å². The molecule has 31 heavy (non-hydrogen) atoms. The summed E-state index contributed by atoms with van der Waals surface area (Å²) in [5.41, 5.74) is -0.216. The first-order valence-corrected chi connectivity index (χ1v) is 9.57. The zero-order chi connectivity index (χ0) is 22.0. The molecular formula is C21H21N5O5. The third-order valence-electron chi connectivity index (χ3n) is 4.95. The number of anilines is 3. The highest BCUT2D eigenvalue weighted by Crippen LogP contribution is 2.27. The number of nitrogens with one attached hydrogen (secondary N) is 1. The highest BCUT2D eigenvalue weighted by atomic mass is 16.5. The van der Waals surface area contributed by atoms with Crippen molar-refractivity contribution in [3.8, 4) is 11.5 Å². The number of hydrogen-bond donors (Lipinski definition) is 1. The number of benzene rings is 2. The van der Waals surface area contributed by atoms with Gasteiger partial charge in [-0.1, -0.05) is 0 Å². The summed E-state index contributed by atoms with van der Waals surface area (Å²) in [6.45, 7) is 0.432. The molecule has 3 aromatic rings. The Morgan fingerprint density at radius 3 is 2.16 bits per heavy atom. The summed E-state index contributed by atoms with van der Waals surface area (Å²) >= 11 is 0. The van der Waals surface area contributed by atoms with Crippen LogP contribution >= 0.6 is 0 Å². The fourth-order valence-corrected chi connectivity index (χ4v) is 3.35. The van der Waals surface area contributed by atoms with Gasteiger partial charge in [-0.15, -0.1) is 5.10 Å². The van der Waals surface area contributed by atoms with E-state index in [4.69, 9.17) is 9.47 Å². The number of ether oxygens (including phenoxy) is 2. The number of hydrogen-bond acceptors (Lipinski definition) is 7. The van der Waals surface area contributed by atoms with Crippen molar-refractivity contribution < 1.29 is 14.3 Å². The molecule has 0 spiro atoms. The van der Waals surface area contributed by atoms with Gasteiger partial charge < -0.3 is 19.7 Å². The Kier molecular flexibility index (Phi) is 5.44. The molecule has 1 aromatic heterocycles. The normalized spacial score (nSPS) is 12.4. The lowest BCUT2D eigenvalue weighted by Crippen LogP contribution is -2.44. The van der Waals surface area contributed by atoms with E-state index in [0.29, 0.717) is 36.2 Å². The van der Waals surface area contributed by atoms with Crippen LogP contribution in [-0.2, 0) is 17.9 Å². The molecule has 0 aliphatic carbocycles. The molecule has 1 N–H and O–H groups in total. The monoisotopic (exact) mass is 423 g/mol. The van der Waals surface area contributed by atoms with Crippen LogP contribution in [0.1, 0.15) is 0 Å². The summed E-state index contributed by atoms with van der Waals surface area (Å²) < 4.78 is 12.5. The van der Waals surface area contributed by atoms with E-state index in [1.54, 1.807) is 50.6 Å². The van der Waals surface area contributed by atoms with Crippen LogP contribution < -0.4 is 30.8 Å². The fourth-order valence-electron chi connectivity index (χ4n) is 3.35. The molecule has 0 saturated heterocycles. The Labute approximate surface area is 177 Å². The van der Waals surface area contributed by atoms with Gasteiger partial charge in [-0.25, -0.2) is 4.68 Å². The Hall–Kier alpha value is -4.08. The highest BCUT2D eigenvalue weighted by molar-refractivity contribution is 5.90. The van der Waals surface area contributed by atoms with Crippen LogP contribution in [0.25, 0.3) is 0 Å². The van der Waals surface area contributed by atoms with E-state index in [1.165, 1.54) is 4.57 Å². The summed E-state index contributed by atoms with van der Waals surface area (Å²) in [5.74, 6) is 1.19. The van der Waals surface area contributed by atoms with E-state index in [9.17, 15) is 14.4 Å². The molecule has 160 valence electrons. The fraction of sp³-hybridized carbons (Fsp3) is 0.238. The van der Waals surface area contributed by atoms with Gasteiger partial charge in [-0.05, 0) is 48.5 Å². The highest BCUT2D eigenvalue weighted by Gasteiger charge is 2.26. The van der Waals surface area contributed by atoms with Crippen molar-refractivity contribution in [3.63, 3.8) is 0 Å². The largest absolute Gasteiger partial charge is 0.497 e. The second-order valence-electron chi connectivity index (χ2n) is 6.85.